The van der Waals surface area contributed by atoms with E-state index >= 15 is 0 Å². The highest BCUT2D eigenvalue weighted by Crippen LogP contribution is 2.39. The van der Waals surface area contributed by atoms with Crippen LogP contribution in [0.5, 0.6) is 11.5 Å². The summed E-state index contributed by atoms with van der Waals surface area (Å²) in [7, 11) is -2.36. The summed E-state index contributed by atoms with van der Waals surface area (Å²) < 4.78 is 66.3. The lowest BCUT2D eigenvalue weighted by molar-refractivity contribution is -0.0363. The van der Waals surface area contributed by atoms with E-state index in [9.17, 15) is 13.7 Å². The number of ether oxygens (including phenoxy) is 6. The fraction of sp³-hybridized carbons (Fsp3) is 0.381. The first-order chi connectivity index (χ1) is 28.3. The zero-order valence-electron chi connectivity index (χ0n) is 32.7. The Labute approximate surface area is 343 Å². The first kappa shape index (κ1) is 42.8. The molecule has 3 aromatic carbocycles. The van der Waals surface area contributed by atoms with E-state index in [4.69, 9.17) is 33.4 Å². The van der Waals surface area contributed by atoms with Crippen LogP contribution in [-0.4, -0.2) is 107 Å². The molecule has 58 heavy (non-hydrogen) atoms. The van der Waals surface area contributed by atoms with Gasteiger partial charge in [-0.2, -0.15) is 9.64 Å². The topological polar surface area (TPSA) is 167 Å². The van der Waals surface area contributed by atoms with Gasteiger partial charge in [-0.1, -0.05) is 35.9 Å². The van der Waals surface area contributed by atoms with Crippen molar-refractivity contribution >= 4 is 26.7 Å². The molecule has 1 aliphatic heterocycles. The summed E-state index contributed by atoms with van der Waals surface area (Å²) in [6.45, 7) is 8.81. The summed E-state index contributed by atoms with van der Waals surface area (Å²) >= 11 is 0.912. The standard InChI is InChI=1S/C42H48N6O8S2/c1-31-4-3-5-32(24-31)33-6-8-41(56-40-9-7-38(26-35(40)28-43)58(49,50)47-42-45-30-46-57-42)39(27-33)34-10-13-44-36(25-34)29-48-14-11-37(12-15-48)55-23-22-54-21-20-53-19-18-52-17-16-51-2/h3-10,13,24-27,30,37H,11-12,14-23,29H2,1-2H3,(H,45,46,47). The van der Waals surface area contributed by atoms with E-state index in [1.54, 1.807) is 13.3 Å². The normalized spacial score (nSPS) is 13.7. The Bertz CT molecular complexity index is 2210. The molecule has 3 heterocycles. The smallest absolute Gasteiger partial charge is 0.263 e. The number of piperidine rings is 1. The number of methoxy groups -OCH3 is 1. The number of hydrogen-bond acceptors (Lipinski definition) is 14. The van der Waals surface area contributed by atoms with Gasteiger partial charge in [0.15, 0.2) is 0 Å². The highest BCUT2D eigenvalue weighted by Gasteiger charge is 2.22. The van der Waals surface area contributed by atoms with Crippen LogP contribution in [0, 0.1) is 18.3 Å². The molecule has 0 unspecified atom stereocenters. The van der Waals surface area contributed by atoms with Crippen molar-refractivity contribution in [1.29, 1.82) is 5.26 Å². The SMILES string of the molecule is COCCOCCOCCOCCOC1CCN(Cc2cc(-c3cc(-c4cccc(C)c4)ccc3Oc3ccc(S(=O)(=O)Nc4ncns4)cc3C#N)ccn2)CC1. The Morgan fingerprint density at radius 2 is 1.55 bits per heavy atom. The Hall–Kier alpha value is -4.83. The van der Waals surface area contributed by atoms with Gasteiger partial charge in [-0.3, -0.25) is 14.6 Å². The van der Waals surface area contributed by atoms with Crippen LogP contribution in [-0.2, 0) is 40.3 Å². The Morgan fingerprint density at radius 3 is 2.26 bits per heavy atom. The van der Waals surface area contributed by atoms with Crippen LogP contribution in [0.25, 0.3) is 22.3 Å². The molecule has 5 aromatic rings. The summed E-state index contributed by atoms with van der Waals surface area (Å²) in [5.74, 6) is 0.725. The molecule has 0 radical (unpaired) electrons. The zero-order valence-corrected chi connectivity index (χ0v) is 34.3. The third-order valence-corrected chi connectivity index (χ3v) is 11.4. The number of pyridine rings is 1. The zero-order chi connectivity index (χ0) is 40.6. The fourth-order valence-electron chi connectivity index (χ4n) is 6.36. The number of sulfonamides is 1. The summed E-state index contributed by atoms with van der Waals surface area (Å²) in [5, 5.41) is 10.2. The van der Waals surface area contributed by atoms with Gasteiger partial charge >= 0.3 is 0 Å². The van der Waals surface area contributed by atoms with Crippen LogP contribution < -0.4 is 9.46 Å². The lowest BCUT2D eigenvalue weighted by Crippen LogP contribution is -2.37. The molecule has 6 rings (SSSR count). The lowest BCUT2D eigenvalue weighted by atomic mass is 9.97. The number of benzene rings is 3. The van der Waals surface area contributed by atoms with E-state index in [1.807, 2.05) is 24.3 Å². The second-order valence-electron chi connectivity index (χ2n) is 13.5. The van der Waals surface area contributed by atoms with Crippen molar-refractivity contribution < 1.29 is 36.8 Å². The summed E-state index contributed by atoms with van der Waals surface area (Å²) in [6.07, 6.45) is 5.08. The second kappa shape index (κ2) is 21.8. The lowest BCUT2D eigenvalue weighted by Gasteiger charge is -2.31. The number of nitriles is 1. The number of aromatic nitrogens is 3. The number of rotatable bonds is 22. The molecular formula is C42H48N6O8S2. The second-order valence-corrected chi connectivity index (χ2v) is 16.0. The van der Waals surface area contributed by atoms with Crippen LogP contribution in [0.3, 0.4) is 0 Å². The predicted molar refractivity (Wildman–Crippen MR) is 220 cm³/mol. The maximum atomic E-state index is 13.0. The molecule has 1 N–H and O–H groups in total. The number of aryl methyl sites for hydroxylation is 1. The number of likely N-dealkylation sites (tertiary alicyclic amines) is 1. The van der Waals surface area contributed by atoms with Crippen LogP contribution >= 0.6 is 11.5 Å². The monoisotopic (exact) mass is 828 g/mol. The minimum absolute atomic E-state index is 0.0605. The third kappa shape index (κ3) is 12.6. The molecule has 2 aromatic heterocycles. The molecule has 306 valence electrons. The average molecular weight is 829 g/mol. The molecule has 0 spiro atoms. The molecule has 0 aliphatic carbocycles. The van der Waals surface area contributed by atoms with Gasteiger partial charge in [0.1, 0.15) is 23.9 Å². The van der Waals surface area contributed by atoms with Crippen LogP contribution in [0.4, 0.5) is 5.13 Å². The van der Waals surface area contributed by atoms with Crippen molar-refractivity contribution in [3.63, 3.8) is 0 Å². The Morgan fingerprint density at radius 1 is 0.828 bits per heavy atom. The van der Waals surface area contributed by atoms with Crippen molar-refractivity contribution in [1.82, 2.24) is 19.2 Å². The van der Waals surface area contributed by atoms with Gasteiger partial charge in [-0.05, 0) is 78.9 Å². The highest BCUT2D eigenvalue weighted by molar-refractivity contribution is 7.93. The van der Waals surface area contributed by atoms with Gasteiger partial charge in [-0.25, -0.2) is 13.4 Å². The van der Waals surface area contributed by atoms with Crippen LogP contribution in [0.2, 0.25) is 0 Å². The van der Waals surface area contributed by atoms with Crippen molar-refractivity contribution in [2.45, 2.75) is 37.3 Å². The van der Waals surface area contributed by atoms with Gasteiger partial charge in [0, 0.05) is 50.0 Å². The van der Waals surface area contributed by atoms with Crippen LogP contribution in [0.15, 0.2) is 90.2 Å². The molecule has 0 amide bonds. The van der Waals surface area contributed by atoms with E-state index < -0.39 is 10.0 Å². The van der Waals surface area contributed by atoms with Gasteiger partial charge < -0.3 is 28.4 Å². The maximum absolute atomic E-state index is 13.0. The predicted octanol–water partition coefficient (Wildman–Crippen LogP) is 6.72. The fourth-order valence-corrected chi connectivity index (χ4v) is 8.05. The molecular weight excluding hydrogens is 781 g/mol. The minimum atomic E-state index is -4.01. The minimum Gasteiger partial charge on any atom is -0.455 e. The van der Waals surface area contributed by atoms with Gasteiger partial charge in [-0.15, -0.1) is 0 Å². The van der Waals surface area contributed by atoms with Crippen molar-refractivity contribution in [2.24, 2.45) is 0 Å². The molecule has 0 saturated carbocycles. The molecule has 1 aliphatic rings. The number of anilines is 1. The third-order valence-electron chi connectivity index (χ3n) is 9.32. The maximum Gasteiger partial charge on any atom is 0.263 e. The largest absolute Gasteiger partial charge is 0.455 e. The quantitative estimate of drug-likeness (QED) is 0.0732. The van der Waals surface area contributed by atoms with E-state index in [-0.39, 0.29) is 27.4 Å². The van der Waals surface area contributed by atoms with Crippen molar-refractivity contribution in [2.75, 3.05) is 77.8 Å². The first-order valence-electron chi connectivity index (χ1n) is 19.1. The highest BCUT2D eigenvalue weighted by atomic mass is 32.2. The Balaban J connectivity index is 1.08. The van der Waals surface area contributed by atoms with Crippen molar-refractivity contribution in [3.8, 4) is 39.8 Å². The van der Waals surface area contributed by atoms with E-state index in [0.717, 1.165) is 71.0 Å². The molecule has 14 nitrogen and oxygen atoms in total. The van der Waals surface area contributed by atoms with Gasteiger partial charge in [0.25, 0.3) is 10.0 Å². The average Bonchev–Trinajstić information content (AvgIpc) is 3.74. The van der Waals surface area contributed by atoms with E-state index in [0.29, 0.717) is 65.1 Å². The molecule has 0 atom stereocenters. The van der Waals surface area contributed by atoms with E-state index in [2.05, 4.69) is 62.3 Å². The summed E-state index contributed by atoms with van der Waals surface area (Å²) in [4.78, 5) is 10.9. The molecule has 1 saturated heterocycles. The molecule has 1 fully saturated rings. The number of nitrogens with one attached hydrogen (secondary N) is 1. The number of hydrogen-bond donors (Lipinski definition) is 1. The van der Waals surface area contributed by atoms with Crippen LogP contribution in [0.1, 0.15) is 29.7 Å². The van der Waals surface area contributed by atoms with Crippen molar-refractivity contribution in [3.05, 3.63) is 102 Å². The first-order valence-corrected chi connectivity index (χ1v) is 21.3. The number of nitrogens with zero attached hydrogens (tertiary/aromatic N) is 5. The Kier molecular flexibility index (Phi) is 16.1. The van der Waals surface area contributed by atoms with Gasteiger partial charge in [0.05, 0.1) is 75.1 Å². The van der Waals surface area contributed by atoms with Gasteiger partial charge in [0.2, 0.25) is 5.13 Å². The molecule has 16 heteroatoms. The molecule has 0 bridgehead atoms. The summed E-state index contributed by atoms with van der Waals surface area (Å²) in [5.41, 5.74) is 5.86. The summed E-state index contributed by atoms with van der Waals surface area (Å²) in [6, 6.07) is 24.5. The van der Waals surface area contributed by atoms with E-state index in [1.165, 1.54) is 24.5 Å².